The highest BCUT2D eigenvalue weighted by atomic mass is 31.2. The van der Waals surface area contributed by atoms with Crippen molar-refractivity contribution < 1.29 is 42.1 Å². The van der Waals surface area contributed by atoms with Crippen LogP contribution >= 0.6 is 7.82 Å². The zero-order valence-corrected chi connectivity index (χ0v) is 60.8. The molecular formula is C82H140NO8P. The van der Waals surface area contributed by atoms with Crippen LogP contribution < -0.4 is 4.89 Å². The molecule has 0 aromatic rings. The van der Waals surface area contributed by atoms with Crippen LogP contribution in [0, 0.1) is 0 Å². The molecule has 0 saturated heterocycles. The highest BCUT2D eigenvalue weighted by molar-refractivity contribution is 7.45. The number of carbonyl (C=O) groups excluding carboxylic acids is 2. The lowest BCUT2D eigenvalue weighted by Crippen LogP contribution is -2.37. The Hall–Kier alpha value is -4.11. The Morgan fingerprint density at radius 1 is 0.348 bits per heavy atom. The van der Waals surface area contributed by atoms with Gasteiger partial charge in [-0.15, -0.1) is 0 Å². The Morgan fingerprint density at radius 2 is 0.620 bits per heavy atom. The Kier molecular flexibility index (Phi) is 68.0. The first-order valence-corrected chi connectivity index (χ1v) is 39.0. The number of ether oxygens (including phenoxy) is 2. The zero-order chi connectivity index (χ0) is 66.9. The predicted molar refractivity (Wildman–Crippen MR) is 397 cm³/mol. The van der Waals surface area contributed by atoms with Gasteiger partial charge in [0.05, 0.1) is 27.7 Å². The summed E-state index contributed by atoms with van der Waals surface area (Å²) in [5.74, 6) is -0.845. The molecular weight excluding hydrogens is 1160 g/mol. The number of carbonyl (C=O) groups is 2. The van der Waals surface area contributed by atoms with Crippen LogP contribution in [0.4, 0.5) is 0 Å². The molecule has 2 atom stereocenters. The van der Waals surface area contributed by atoms with Gasteiger partial charge in [0.25, 0.3) is 7.82 Å². The van der Waals surface area contributed by atoms with Crippen LogP contribution in [-0.4, -0.2) is 70.0 Å². The molecule has 0 radical (unpaired) electrons. The molecule has 2 unspecified atom stereocenters. The molecule has 0 fully saturated rings. The molecule has 9 nitrogen and oxygen atoms in total. The molecule has 0 amide bonds. The van der Waals surface area contributed by atoms with Crippen LogP contribution in [0.5, 0.6) is 0 Å². The van der Waals surface area contributed by atoms with Crippen molar-refractivity contribution in [3.8, 4) is 0 Å². The number of likely N-dealkylation sites (N-methyl/N-ethyl adjacent to an activating group) is 1. The summed E-state index contributed by atoms with van der Waals surface area (Å²) in [6.45, 7) is 4.13. The van der Waals surface area contributed by atoms with Crippen molar-refractivity contribution in [3.63, 3.8) is 0 Å². The summed E-state index contributed by atoms with van der Waals surface area (Å²) in [5, 5.41) is 0. The van der Waals surface area contributed by atoms with Crippen LogP contribution in [0.3, 0.4) is 0 Å². The van der Waals surface area contributed by atoms with E-state index in [0.717, 1.165) is 122 Å². The van der Waals surface area contributed by atoms with Crippen molar-refractivity contribution in [2.75, 3.05) is 47.5 Å². The molecule has 0 bridgehead atoms. The molecule has 0 N–H and O–H groups in total. The third-order valence-corrected chi connectivity index (χ3v) is 16.8. The smallest absolute Gasteiger partial charge is 0.306 e. The number of phosphoric ester groups is 1. The summed E-state index contributed by atoms with van der Waals surface area (Å²) < 4.78 is 34.3. The van der Waals surface area contributed by atoms with Gasteiger partial charge in [-0.05, 0) is 122 Å². The summed E-state index contributed by atoms with van der Waals surface area (Å²) in [6, 6.07) is 0. The van der Waals surface area contributed by atoms with Gasteiger partial charge in [-0.2, -0.15) is 0 Å². The minimum atomic E-state index is -4.66. The van der Waals surface area contributed by atoms with Crippen LogP contribution in [0.15, 0.2) is 146 Å². The maximum Gasteiger partial charge on any atom is 0.306 e. The van der Waals surface area contributed by atoms with E-state index in [1.165, 1.54) is 154 Å². The van der Waals surface area contributed by atoms with E-state index < -0.39 is 26.5 Å². The number of rotatable bonds is 68. The molecule has 0 aromatic carbocycles. The standard InChI is InChI=1S/C82H140NO8P/c1-6-8-10-12-14-16-18-20-22-24-26-28-30-32-34-35-36-37-38-39-40-41-42-43-44-45-46-47-49-51-53-55-57-59-61-63-65-67-69-71-73-75-82(85)91-80(79-90-92(86,87)89-77-76-83(3,4)5)78-88-81(84)74-72-70-68-66-64-62-60-58-56-54-52-50-48-33-31-29-27-25-23-21-19-17-15-13-11-9-7-2/h8,10,14,16,20,22,25-28,32,34,36-37,39-40,42-43,45-46,49,51,55,57,80H,6-7,9,11-13,15,17-19,21,23-24,29-31,33,35,38,41,44,47-48,50,52-54,56,58-79H2,1-5H3/b10-8-,16-14-,22-20-,27-25-,28-26-,34-32-,37-36-,40-39-,43-42-,46-45-,51-49-,57-55-. The van der Waals surface area contributed by atoms with E-state index in [1.54, 1.807) is 0 Å². The number of hydrogen-bond acceptors (Lipinski definition) is 8. The molecule has 10 heteroatoms. The van der Waals surface area contributed by atoms with E-state index >= 15 is 0 Å². The van der Waals surface area contributed by atoms with Crippen molar-refractivity contribution in [2.45, 2.75) is 315 Å². The van der Waals surface area contributed by atoms with Gasteiger partial charge in [0.2, 0.25) is 0 Å². The van der Waals surface area contributed by atoms with E-state index in [2.05, 4.69) is 160 Å². The highest BCUT2D eigenvalue weighted by Crippen LogP contribution is 2.38. The van der Waals surface area contributed by atoms with E-state index in [1.807, 2.05) is 21.1 Å². The van der Waals surface area contributed by atoms with E-state index in [9.17, 15) is 19.0 Å². The summed E-state index contributed by atoms with van der Waals surface area (Å²) in [5.41, 5.74) is 0. The van der Waals surface area contributed by atoms with Crippen LogP contribution in [0.25, 0.3) is 0 Å². The van der Waals surface area contributed by atoms with Crippen LogP contribution in [-0.2, 0) is 32.7 Å². The zero-order valence-electron chi connectivity index (χ0n) is 59.9. The van der Waals surface area contributed by atoms with Crippen molar-refractivity contribution in [1.29, 1.82) is 0 Å². The van der Waals surface area contributed by atoms with Crippen LogP contribution in [0.1, 0.15) is 309 Å². The fourth-order valence-corrected chi connectivity index (χ4v) is 10.9. The van der Waals surface area contributed by atoms with Crippen molar-refractivity contribution in [1.82, 2.24) is 0 Å². The van der Waals surface area contributed by atoms with Gasteiger partial charge >= 0.3 is 11.9 Å². The van der Waals surface area contributed by atoms with E-state index in [4.69, 9.17) is 18.5 Å². The molecule has 0 aliphatic carbocycles. The summed E-state index contributed by atoms with van der Waals surface area (Å²) in [4.78, 5) is 38.1. The second-order valence-electron chi connectivity index (χ2n) is 25.9. The first-order chi connectivity index (χ1) is 45.0. The number of nitrogens with zero attached hydrogens (tertiary/aromatic N) is 1. The number of esters is 2. The molecule has 0 aliphatic heterocycles. The Bertz CT molecular complexity index is 2070. The van der Waals surface area contributed by atoms with Gasteiger partial charge in [0.1, 0.15) is 19.8 Å². The van der Waals surface area contributed by atoms with Crippen LogP contribution in [0.2, 0.25) is 0 Å². The molecule has 0 aromatic heterocycles. The first kappa shape index (κ1) is 87.9. The first-order valence-electron chi connectivity index (χ1n) is 37.5. The average Bonchev–Trinajstić information content (AvgIpc) is 2.23. The quantitative estimate of drug-likeness (QED) is 0.0195. The molecule has 0 spiro atoms. The van der Waals surface area contributed by atoms with Crippen molar-refractivity contribution >= 4 is 19.8 Å². The molecule has 0 heterocycles. The molecule has 0 aliphatic rings. The molecule has 92 heavy (non-hydrogen) atoms. The number of quaternary nitrogens is 1. The van der Waals surface area contributed by atoms with Gasteiger partial charge in [0.15, 0.2) is 6.10 Å². The lowest BCUT2D eigenvalue weighted by Gasteiger charge is -2.28. The maximum absolute atomic E-state index is 12.9. The molecule has 526 valence electrons. The van der Waals surface area contributed by atoms with E-state index in [0.29, 0.717) is 17.4 Å². The third kappa shape index (κ3) is 74.9. The van der Waals surface area contributed by atoms with Gasteiger partial charge < -0.3 is 27.9 Å². The topological polar surface area (TPSA) is 111 Å². The monoisotopic (exact) mass is 1300 g/mol. The molecule has 0 saturated carbocycles. The summed E-state index contributed by atoms with van der Waals surface area (Å²) in [6.07, 6.45) is 105. The largest absolute Gasteiger partial charge is 0.756 e. The Morgan fingerprint density at radius 3 is 0.935 bits per heavy atom. The fourth-order valence-electron chi connectivity index (χ4n) is 10.1. The molecule has 0 rings (SSSR count). The number of phosphoric acid groups is 1. The van der Waals surface area contributed by atoms with Crippen molar-refractivity contribution in [3.05, 3.63) is 146 Å². The number of unbranched alkanes of at least 4 members (excludes halogenated alkanes) is 30. The normalized spacial score (nSPS) is 13.9. The maximum atomic E-state index is 12.9. The Balaban J connectivity index is 4.10. The van der Waals surface area contributed by atoms with Gasteiger partial charge in [-0.25, -0.2) is 0 Å². The Labute approximate surface area is 567 Å². The lowest BCUT2D eigenvalue weighted by molar-refractivity contribution is -0.870. The van der Waals surface area contributed by atoms with Gasteiger partial charge in [-0.3, -0.25) is 14.2 Å². The summed E-state index contributed by atoms with van der Waals surface area (Å²) in [7, 11) is 1.15. The number of allylic oxidation sites excluding steroid dienone is 24. The minimum Gasteiger partial charge on any atom is -0.756 e. The van der Waals surface area contributed by atoms with Gasteiger partial charge in [-0.1, -0.05) is 320 Å². The predicted octanol–water partition coefficient (Wildman–Crippen LogP) is 24.3. The van der Waals surface area contributed by atoms with E-state index in [-0.39, 0.29) is 32.0 Å². The van der Waals surface area contributed by atoms with Gasteiger partial charge in [0, 0.05) is 12.8 Å². The second kappa shape index (κ2) is 71.2. The highest BCUT2D eigenvalue weighted by Gasteiger charge is 2.22. The second-order valence-corrected chi connectivity index (χ2v) is 27.3. The lowest BCUT2D eigenvalue weighted by atomic mass is 10.0. The average molecular weight is 1300 g/mol. The number of hydrogen-bond donors (Lipinski definition) is 0. The minimum absolute atomic E-state index is 0.0389. The van der Waals surface area contributed by atoms with Crippen molar-refractivity contribution in [2.24, 2.45) is 0 Å². The SMILES string of the molecule is CC/C=C\C/C=C\C/C=C\C/C=C\C/C=C\C/C=C\C/C=C\C/C=C\C/C=C\C/C=C\C/C=C\CCCCCCCCCC(=O)OC(COC(=O)CCCCCCCCCCCCCCCCC/C=C\CCCCCCCCCC)COP(=O)([O-])OCC[N+](C)(C)C. The third-order valence-electron chi connectivity index (χ3n) is 15.8. The fraction of sp³-hybridized carbons (Fsp3) is 0.683. The summed E-state index contributed by atoms with van der Waals surface area (Å²) >= 11 is 0.